The summed E-state index contributed by atoms with van der Waals surface area (Å²) < 4.78 is 18.0. The largest absolute Gasteiger partial charge is 4.00 e. The van der Waals surface area contributed by atoms with Gasteiger partial charge >= 0.3 is 21.7 Å². The van der Waals surface area contributed by atoms with Crippen molar-refractivity contribution >= 4 is 28.8 Å². The molecule has 3 nitrogen and oxygen atoms in total. The Balaban J connectivity index is 0.00000462. The van der Waals surface area contributed by atoms with Gasteiger partial charge in [0.25, 0.3) is 0 Å². The van der Waals surface area contributed by atoms with Crippen molar-refractivity contribution in [3.05, 3.63) is 92.0 Å². The average molecular weight is 708 g/mol. The number of methoxy groups -OCH3 is 3. The second kappa shape index (κ2) is 16.2. The normalized spacial score (nSPS) is 10.6. The number of hydrogen-bond acceptors (Lipinski definition) is 3. The maximum absolute atomic E-state index is 5.99. The summed E-state index contributed by atoms with van der Waals surface area (Å²) in [7, 11) is 2.34. The summed E-state index contributed by atoms with van der Waals surface area (Å²) in [6.07, 6.45) is 0. The van der Waals surface area contributed by atoms with Crippen LogP contribution in [0.4, 0.5) is 0 Å². The molecule has 0 aliphatic rings. The Morgan fingerprint density at radius 3 is 1.00 bits per heavy atom. The second-order valence-corrected chi connectivity index (χ2v) is 15.2. The first-order valence-electron chi connectivity index (χ1n) is 14.1. The van der Waals surface area contributed by atoms with Crippen molar-refractivity contribution in [1.82, 2.24) is 0 Å². The molecule has 44 heavy (non-hydrogen) atoms. The molecular formula is C36H45Cl3O3SiTi. The van der Waals surface area contributed by atoms with Crippen LogP contribution in [0.1, 0.15) is 55.6 Å². The van der Waals surface area contributed by atoms with Gasteiger partial charge < -0.3 is 51.4 Å². The Labute approximate surface area is 300 Å². The standard InChI is InChI=1S/C36H45O3Si.3ClH.Ti/c1-20-14-23(4)33(17-30(20)37-11)40(36-28(9)26(7)27(8)29(36)10,34-18-31(38-12)21(2)15-24(34)5)35-19-32(39-13)22(3)16-25(35)6;;;;/h14-19H,1-13H3;3*1H;/q-1;;;;+4/p-3. The Morgan fingerprint density at radius 2 is 0.773 bits per heavy atom. The van der Waals surface area contributed by atoms with Gasteiger partial charge in [-0.05, 0) is 92.0 Å². The Kier molecular flexibility index (Phi) is 15.5. The van der Waals surface area contributed by atoms with Crippen molar-refractivity contribution in [2.24, 2.45) is 0 Å². The number of ether oxygens (including phenoxy) is 3. The Morgan fingerprint density at radius 1 is 0.477 bits per heavy atom. The van der Waals surface area contributed by atoms with Crippen LogP contribution in [0, 0.1) is 69.2 Å². The summed E-state index contributed by atoms with van der Waals surface area (Å²) in [5, 5.41) is 5.48. The van der Waals surface area contributed by atoms with E-state index in [1.807, 2.05) is 0 Å². The molecule has 0 radical (unpaired) electrons. The van der Waals surface area contributed by atoms with Crippen LogP contribution < -0.4 is 72.2 Å². The molecule has 0 aliphatic carbocycles. The predicted octanol–water partition coefficient (Wildman–Crippen LogP) is -3.10. The molecule has 0 amide bonds. The molecule has 0 aliphatic heterocycles. The maximum Gasteiger partial charge on any atom is 4.00 e. The molecule has 0 bridgehead atoms. The fourth-order valence-electron chi connectivity index (χ4n) is 6.99. The molecule has 4 aromatic carbocycles. The zero-order valence-electron chi connectivity index (χ0n) is 28.3. The van der Waals surface area contributed by atoms with Crippen LogP contribution in [0.2, 0.25) is 0 Å². The minimum Gasteiger partial charge on any atom is -1.00 e. The SMILES string of the molecule is COc1cc([Si](c2cc(OC)c(C)cc2C)(c2cc(OC)c(C)cc2C)c2c(C)c(C)c(C)[c-]2C)c(C)cc1C.[Cl-].[Cl-].[Cl-].[Ti+4]. The van der Waals surface area contributed by atoms with Crippen molar-refractivity contribution in [2.45, 2.75) is 69.2 Å². The van der Waals surface area contributed by atoms with Crippen molar-refractivity contribution < 1.29 is 73.1 Å². The first-order chi connectivity index (χ1) is 18.8. The number of rotatable bonds is 7. The van der Waals surface area contributed by atoms with Crippen molar-refractivity contribution in [1.29, 1.82) is 0 Å². The first-order valence-corrected chi connectivity index (χ1v) is 16.1. The zero-order chi connectivity index (χ0) is 29.7. The summed E-state index contributed by atoms with van der Waals surface area (Å²) in [5.41, 5.74) is 12.7. The molecule has 0 saturated heterocycles. The van der Waals surface area contributed by atoms with Gasteiger partial charge in [-0.15, -0.1) is 0 Å². The van der Waals surface area contributed by atoms with Crippen LogP contribution >= 0.6 is 0 Å². The maximum atomic E-state index is 5.99. The van der Waals surface area contributed by atoms with Crippen LogP contribution in [0.15, 0.2) is 36.4 Å². The minimum absolute atomic E-state index is 0. The fourth-order valence-corrected chi connectivity index (χ4v) is 13.2. The number of benzene rings is 3. The minimum atomic E-state index is -2.99. The van der Waals surface area contributed by atoms with Crippen LogP contribution in [0.3, 0.4) is 0 Å². The molecule has 8 heteroatoms. The van der Waals surface area contributed by atoms with E-state index in [-0.39, 0.29) is 58.9 Å². The Bertz CT molecular complexity index is 1460. The van der Waals surface area contributed by atoms with E-state index in [1.54, 1.807) is 21.3 Å². The van der Waals surface area contributed by atoms with E-state index < -0.39 is 8.07 Å². The third-order valence-corrected chi connectivity index (χ3v) is 14.8. The molecule has 0 unspecified atom stereocenters. The average Bonchev–Trinajstić information content (AvgIpc) is 3.09. The van der Waals surface area contributed by atoms with Crippen LogP contribution in [-0.2, 0) is 21.7 Å². The summed E-state index contributed by atoms with van der Waals surface area (Å²) in [6, 6.07) is 13.9. The molecule has 4 rings (SSSR count). The monoisotopic (exact) mass is 706 g/mol. The van der Waals surface area contributed by atoms with Crippen LogP contribution in [0.25, 0.3) is 0 Å². The molecule has 0 saturated carbocycles. The number of hydrogen-bond donors (Lipinski definition) is 0. The molecule has 0 spiro atoms. The second-order valence-electron chi connectivity index (χ2n) is 11.5. The summed E-state index contributed by atoms with van der Waals surface area (Å²) in [4.78, 5) is 0. The quantitative estimate of drug-likeness (QED) is 0.116. The predicted molar refractivity (Wildman–Crippen MR) is 173 cm³/mol. The number of aryl methyl sites for hydroxylation is 6. The molecule has 4 aromatic rings. The fraction of sp³-hybridized carbons (Fsp3) is 0.361. The van der Waals surface area contributed by atoms with E-state index in [0.29, 0.717) is 0 Å². The van der Waals surface area contributed by atoms with Crippen molar-refractivity contribution in [2.75, 3.05) is 21.3 Å². The van der Waals surface area contributed by atoms with Gasteiger partial charge in [0.2, 0.25) is 0 Å². The molecule has 0 heterocycles. The third-order valence-electron chi connectivity index (χ3n) is 9.25. The summed E-state index contributed by atoms with van der Waals surface area (Å²) in [6.45, 7) is 22.4. The first kappa shape index (κ1) is 42.2. The van der Waals surface area contributed by atoms with Crippen LogP contribution in [0.5, 0.6) is 17.2 Å². The van der Waals surface area contributed by atoms with E-state index >= 15 is 0 Å². The van der Waals surface area contributed by atoms with Gasteiger partial charge in [-0.25, -0.2) is 0 Å². The zero-order valence-corrected chi connectivity index (χ0v) is 33.2. The van der Waals surface area contributed by atoms with Crippen molar-refractivity contribution in [3.8, 4) is 17.2 Å². The van der Waals surface area contributed by atoms with Gasteiger partial charge in [0.05, 0.1) is 21.3 Å². The summed E-state index contributed by atoms with van der Waals surface area (Å²) >= 11 is 0. The van der Waals surface area contributed by atoms with E-state index in [2.05, 4.69) is 106 Å². The van der Waals surface area contributed by atoms with Crippen LogP contribution in [-0.4, -0.2) is 29.4 Å². The van der Waals surface area contributed by atoms with E-state index in [4.69, 9.17) is 14.2 Å². The van der Waals surface area contributed by atoms with E-state index in [0.717, 1.165) is 33.9 Å². The van der Waals surface area contributed by atoms with Gasteiger partial charge in [-0.3, -0.25) is 0 Å². The Hall–Kier alpha value is -1.79. The van der Waals surface area contributed by atoms with Gasteiger partial charge in [0.1, 0.15) is 17.2 Å². The van der Waals surface area contributed by atoms with Gasteiger partial charge in [-0.2, -0.15) is 27.4 Å². The van der Waals surface area contributed by atoms with Gasteiger partial charge in [-0.1, -0.05) is 62.6 Å². The molecular weight excluding hydrogens is 663 g/mol. The molecule has 0 aromatic heterocycles. The van der Waals surface area contributed by atoms with E-state index in [9.17, 15) is 0 Å². The smallest absolute Gasteiger partial charge is 1.00 e. The van der Waals surface area contributed by atoms with Gasteiger partial charge in [0.15, 0.2) is 8.07 Å². The molecule has 0 N–H and O–H groups in total. The molecule has 0 fully saturated rings. The molecule has 236 valence electrons. The third kappa shape index (κ3) is 6.68. The van der Waals surface area contributed by atoms with Crippen molar-refractivity contribution in [3.63, 3.8) is 0 Å². The van der Waals surface area contributed by atoms with E-state index in [1.165, 1.54) is 59.7 Å². The topological polar surface area (TPSA) is 27.7 Å². The van der Waals surface area contributed by atoms with Gasteiger partial charge in [0, 0.05) is 0 Å². The molecule has 0 atom stereocenters. The number of halogens is 3. The summed E-state index contributed by atoms with van der Waals surface area (Å²) in [5.74, 6) is 2.75.